The summed E-state index contributed by atoms with van der Waals surface area (Å²) < 4.78 is 1.27. The average molecular weight is 248 g/mol. The third kappa shape index (κ3) is 2.08. The first-order chi connectivity index (χ1) is 8.72. The van der Waals surface area contributed by atoms with Crippen molar-refractivity contribution in [2.24, 2.45) is 5.92 Å². The van der Waals surface area contributed by atoms with E-state index in [4.69, 9.17) is 0 Å². The van der Waals surface area contributed by atoms with Crippen molar-refractivity contribution in [3.63, 3.8) is 0 Å². The lowest BCUT2D eigenvalue weighted by Gasteiger charge is -2.11. The summed E-state index contributed by atoms with van der Waals surface area (Å²) in [5, 5.41) is 13.7. The molecule has 1 atom stereocenters. The maximum atomic E-state index is 11.4. The Morgan fingerprint density at radius 1 is 1.56 bits per heavy atom. The molecule has 7 nitrogen and oxygen atoms in total. The molecule has 1 fully saturated rings. The lowest BCUT2D eigenvalue weighted by atomic mass is 10.1. The zero-order valence-corrected chi connectivity index (χ0v) is 10.3. The van der Waals surface area contributed by atoms with Gasteiger partial charge in [0.2, 0.25) is 0 Å². The van der Waals surface area contributed by atoms with Crippen molar-refractivity contribution in [1.82, 2.24) is 24.7 Å². The number of fused-ring (bicyclic) bond motifs is 1. The molecule has 0 amide bonds. The minimum atomic E-state index is -0.311. The van der Waals surface area contributed by atoms with Gasteiger partial charge in [-0.1, -0.05) is 0 Å². The van der Waals surface area contributed by atoms with Gasteiger partial charge in [0.05, 0.1) is 0 Å². The van der Waals surface area contributed by atoms with Gasteiger partial charge in [-0.15, -0.1) is 5.10 Å². The lowest BCUT2D eigenvalue weighted by Crippen LogP contribution is -2.20. The molecule has 0 radical (unpaired) electrons. The van der Waals surface area contributed by atoms with Gasteiger partial charge >= 0.3 is 5.69 Å². The van der Waals surface area contributed by atoms with Crippen LogP contribution >= 0.6 is 0 Å². The summed E-state index contributed by atoms with van der Waals surface area (Å²) in [7, 11) is 2.13. The van der Waals surface area contributed by atoms with Gasteiger partial charge in [-0.05, 0) is 38.1 Å². The number of H-pyrrole nitrogens is 1. The molecular weight excluding hydrogens is 232 g/mol. The molecule has 1 unspecified atom stereocenters. The quantitative estimate of drug-likeness (QED) is 0.785. The summed E-state index contributed by atoms with van der Waals surface area (Å²) in [5.74, 6) is 1.36. The number of anilines is 1. The van der Waals surface area contributed by atoms with Crippen LogP contribution in [0.5, 0.6) is 0 Å². The maximum Gasteiger partial charge on any atom is 0.364 e. The number of rotatable bonds is 3. The number of nitrogens with zero attached hydrogens (tertiary/aromatic N) is 4. The lowest BCUT2D eigenvalue weighted by molar-refractivity contribution is 0.399. The summed E-state index contributed by atoms with van der Waals surface area (Å²) >= 11 is 0. The van der Waals surface area contributed by atoms with Crippen LogP contribution in [0.3, 0.4) is 0 Å². The first-order valence-electron chi connectivity index (χ1n) is 6.09. The van der Waals surface area contributed by atoms with Crippen molar-refractivity contribution in [2.45, 2.75) is 6.42 Å². The molecule has 2 aromatic rings. The van der Waals surface area contributed by atoms with Crippen molar-refractivity contribution in [1.29, 1.82) is 0 Å². The number of hydrogen-bond donors (Lipinski definition) is 2. The van der Waals surface area contributed by atoms with Gasteiger partial charge in [-0.3, -0.25) is 0 Å². The van der Waals surface area contributed by atoms with E-state index in [0.29, 0.717) is 17.4 Å². The number of nitrogens with one attached hydrogen (secondary N) is 2. The molecule has 0 bridgehead atoms. The van der Waals surface area contributed by atoms with Crippen LogP contribution in [0.1, 0.15) is 6.42 Å². The zero-order chi connectivity index (χ0) is 12.5. The molecule has 1 aliphatic rings. The van der Waals surface area contributed by atoms with E-state index in [0.717, 1.165) is 19.6 Å². The molecule has 96 valence electrons. The summed E-state index contributed by atoms with van der Waals surface area (Å²) in [6.07, 6.45) is 1.21. The second-order valence-electron chi connectivity index (χ2n) is 4.82. The fourth-order valence-corrected chi connectivity index (χ4v) is 2.34. The SMILES string of the molecule is CN1CCC(CNc2ccc3n[nH]c(=O)n3n2)C1. The van der Waals surface area contributed by atoms with E-state index in [1.165, 1.54) is 10.9 Å². The van der Waals surface area contributed by atoms with Gasteiger partial charge in [0.1, 0.15) is 5.82 Å². The molecule has 0 saturated carbocycles. The first kappa shape index (κ1) is 11.2. The number of likely N-dealkylation sites (tertiary alicyclic amines) is 1. The topological polar surface area (TPSA) is 78.3 Å². The normalized spacial score (nSPS) is 20.6. The van der Waals surface area contributed by atoms with Crippen LogP contribution in [-0.4, -0.2) is 51.4 Å². The minimum absolute atomic E-state index is 0.311. The molecular formula is C11H16N6O. The zero-order valence-electron chi connectivity index (χ0n) is 10.3. The highest BCUT2D eigenvalue weighted by molar-refractivity contribution is 5.42. The second-order valence-corrected chi connectivity index (χ2v) is 4.82. The Kier molecular flexibility index (Phi) is 2.75. The molecule has 0 spiro atoms. The summed E-state index contributed by atoms with van der Waals surface area (Å²) in [5.41, 5.74) is 0.223. The Morgan fingerprint density at radius 3 is 3.22 bits per heavy atom. The fourth-order valence-electron chi connectivity index (χ4n) is 2.34. The van der Waals surface area contributed by atoms with E-state index in [-0.39, 0.29) is 5.69 Å². The van der Waals surface area contributed by atoms with Crippen LogP contribution in [0, 0.1) is 5.92 Å². The highest BCUT2D eigenvalue weighted by Crippen LogP contribution is 2.14. The summed E-state index contributed by atoms with van der Waals surface area (Å²) in [6.45, 7) is 3.15. The van der Waals surface area contributed by atoms with Gasteiger partial charge in [0.15, 0.2) is 5.65 Å². The Balaban J connectivity index is 1.71. The van der Waals surface area contributed by atoms with Gasteiger partial charge < -0.3 is 10.2 Å². The predicted octanol–water partition coefficient (Wildman–Crippen LogP) is -0.219. The number of aromatic nitrogens is 4. The third-order valence-corrected chi connectivity index (χ3v) is 3.33. The smallest absolute Gasteiger partial charge is 0.364 e. The number of hydrogen-bond acceptors (Lipinski definition) is 5. The molecule has 18 heavy (non-hydrogen) atoms. The van der Waals surface area contributed by atoms with E-state index in [9.17, 15) is 4.79 Å². The van der Waals surface area contributed by atoms with Crippen molar-refractivity contribution < 1.29 is 0 Å². The molecule has 2 N–H and O–H groups in total. The van der Waals surface area contributed by atoms with E-state index in [2.05, 4.69) is 32.6 Å². The Hall–Kier alpha value is -1.89. The Labute approximate surface area is 104 Å². The van der Waals surface area contributed by atoms with E-state index < -0.39 is 0 Å². The molecule has 3 heterocycles. The van der Waals surface area contributed by atoms with Crippen molar-refractivity contribution in [3.05, 3.63) is 22.6 Å². The monoisotopic (exact) mass is 248 g/mol. The summed E-state index contributed by atoms with van der Waals surface area (Å²) in [4.78, 5) is 13.7. The molecule has 7 heteroatoms. The summed E-state index contributed by atoms with van der Waals surface area (Å²) in [6, 6.07) is 3.61. The highest BCUT2D eigenvalue weighted by Gasteiger charge is 2.19. The van der Waals surface area contributed by atoms with Crippen LogP contribution in [0.4, 0.5) is 5.82 Å². The molecule has 0 aliphatic carbocycles. The van der Waals surface area contributed by atoms with Crippen molar-refractivity contribution in [2.75, 3.05) is 32.0 Å². The highest BCUT2D eigenvalue weighted by atomic mass is 16.2. The van der Waals surface area contributed by atoms with Gasteiger partial charge in [0.25, 0.3) is 0 Å². The average Bonchev–Trinajstić information content (AvgIpc) is 2.94. The van der Waals surface area contributed by atoms with Crippen molar-refractivity contribution in [3.8, 4) is 0 Å². The van der Waals surface area contributed by atoms with Gasteiger partial charge in [-0.25, -0.2) is 9.89 Å². The molecule has 2 aromatic heterocycles. The van der Waals surface area contributed by atoms with Crippen LogP contribution in [-0.2, 0) is 0 Å². The van der Waals surface area contributed by atoms with Crippen LogP contribution in [0.25, 0.3) is 5.65 Å². The van der Waals surface area contributed by atoms with Crippen molar-refractivity contribution >= 4 is 11.5 Å². The van der Waals surface area contributed by atoms with Crippen LogP contribution in [0.15, 0.2) is 16.9 Å². The third-order valence-electron chi connectivity index (χ3n) is 3.33. The first-order valence-corrected chi connectivity index (χ1v) is 6.09. The number of aromatic amines is 1. The van der Waals surface area contributed by atoms with Crippen LogP contribution in [0.2, 0.25) is 0 Å². The standard InChI is InChI=1S/C11H16N6O/c1-16-5-4-8(7-16)6-12-9-2-3-10-13-14-11(18)17(10)15-9/h2-3,8H,4-7H2,1H3,(H,12,15)(H,14,18). The van der Waals surface area contributed by atoms with Crippen LogP contribution < -0.4 is 11.0 Å². The van der Waals surface area contributed by atoms with E-state index in [1.807, 2.05) is 6.07 Å². The fraction of sp³-hybridized carbons (Fsp3) is 0.545. The van der Waals surface area contributed by atoms with E-state index >= 15 is 0 Å². The largest absolute Gasteiger partial charge is 0.368 e. The van der Waals surface area contributed by atoms with Gasteiger partial charge in [-0.2, -0.15) is 9.61 Å². The van der Waals surface area contributed by atoms with E-state index in [1.54, 1.807) is 6.07 Å². The molecule has 1 aliphatic heterocycles. The molecule has 3 rings (SSSR count). The molecule has 1 saturated heterocycles. The Bertz CT molecular complexity index is 603. The maximum absolute atomic E-state index is 11.4. The predicted molar refractivity (Wildman–Crippen MR) is 67.7 cm³/mol. The second kappa shape index (κ2) is 4.41. The Morgan fingerprint density at radius 2 is 2.44 bits per heavy atom. The minimum Gasteiger partial charge on any atom is -0.368 e. The molecule has 0 aromatic carbocycles. The van der Waals surface area contributed by atoms with Gasteiger partial charge in [0, 0.05) is 13.1 Å².